The van der Waals surface area contributed by atoms with Crippen LogP contribution in [0.15, 0.2) is 24.3 Å². The molecule has 2 N–H and O–H groups in total. The van der Waals surface area contributed by atoms with Crippen molar-refractivity contribution in [3.05, 3.63) is 41.2 Å². The second-order valence-corrected chi connectivity index (χ2v) is 6.15. The maximum Gasteiger partial charge on any atom is 0.269 e. The van der Waals surface area contributed by atoms with Crippen molar-refractivity contribution in [2.24, 2.45) is 0 Å². The third-order valence-electron chi connectivity index (χ3n) is 3.89. The van der Waals surface area contributed by atoms with Gasteiger partial charge in [0.05, 0.1) is 19.4 Å². The van der Waals surface area contributed by atoms with Gasteiger partial charge in [0.1, 0.15) is 6.54 Å². The van der Waals surface area contributed by atoms with E-state index in [4.69, 9.17) is 9.47 Å². The van der Waals surface area contributed by atoms with E-state index in [1.807, 2.05) is 19.9 Å². The highest BCUT2D eigenvalue weighted by Crippen LogP contribution is 2.28. The first-order chi connectivity index (χ1) is 12.9. The van der Waals surface area contributed by atoms with E-state index in [2.05, 4.69) is 22.9 Å². The Morgan fingerprint density at radius 3 is 2.56 bits per heavy atom. The SMILES string of the molecule is CCCCOc1ccc(C(=O)NNC(=O)Cn2nc(C)cc2C)cc1OC. The van der Waals surface area contributed by atoms with Crippen LogP contribution in [0.4, 0.5) is 0 Å². The van der Waals surface area contributed by atoms with Crippen molar-refractivity contribution in [2.75, 3.05) is 13.7 Å². The van der Waals surface area contributed by atoms with Crippen LogP contribution in [-0.2, 0) is 11.3 Å². The van der Waals surface area contributed by atoms with Gasteiger partial charge >= 0.3 is 0 Å². The molecule has 0 aliphatic heterocycles. The molecule has 0 bridgehead atoms. The molecule has 2 amide bonds. The summed E-state index contributed by atoms with van der Waals surface area (Å²) >= 11 is 0. The van der Waals surface area contributed by atoms with Gasteiger partial charge in [0.15, 0.2) is 11.5 Å². The third kappa shape index (κ3) is 5.73. The van der Waals surface area contributed by atoms with E-state index in [1.165, 1.54) is 7.11 Å². The van der Waals surface area contributed by atoms with Gasteiger partial charge in [-0.25, -0.2) is 0 Å². The van der Waals surface area contributed by atoms with Crippen LogP contribution in [0.25, 0.3) is 0 Å². The Morgan fingerprint density at radius 2 is 1.93 bits per heavy atom. The summed E-state index contributed by atoms with van der Waals surface area (Å²) in [6.07, 6.45) is 1.97. The summed E-state index contributed by atoms with van der Waals surface area (Å²) in [4.78, 5) is 24.3. The molecule has 0 atom stereocenters. The van der Waals surface area contributed by atoms with E-state index in [0.717, 1.165) is 24.2 Å². The van der Waals surface area contributed by atoms with Gasteiger partial charge in [0.25, 0.3) is 11.8 Å². The molecular formula is C19H26N4O4. The molecule has 1 heterocycles. The summed E-state index contributed by atoms with van der Waals surface area (Å²) in [6, 6.07) is 6.75. The van der Waals surface area contributed by atoms with Crippen LogP contribution >= 0.6 is 0 Å². The van der Waals surface area contributed by atoms with Gasteiger partial charge in [0, 0.05) is 11.3 Å². The highest BCUT2D eigenvalue weighted by molar-refractivity contribution is 5.96. The minimum Gasteiger partial charge on any atom is -0.493 e. The molecular weight excluding hydrogens is 348 g/mol. The Bertz CT molecular complexity index is 801. The van der Waals surface area contributed by atoms with Gasteiger partial charge in [-0.3, -0.25) is 25.1 Å². The molecule has 0 radical (unpaired) electrons. The van der Waals surface area contributed by atoms with Gasteiger partial charge in [0.2, 0.25) is 0 Å². The normalized spacial score (nSPS) is 10.4. The number of carbonyl (C=O) groups is 2. The van der Waals surface area contributed by atoms with Crippen LogP contribution in [0.1, 0.15) is 41.5 Å². The molecule has 8 nitrogen and oxygen atoms in total. The molecule has 146 valence electrons. The maximum atomic E-state index is 12.3. The lowest BCUT2D eigenvalue weighted by molar-refractivity contribution is -0.122. The van der Waals surface area contributed by atoms with Gasteiger partial charge in [-0.15, -0.1) is 0 Å². The highest BCUT2D eigenvalue weighted by Gasteiger charge is 2.13. The van der Waals surface area contributed by atoms with E-state index in [1.54, 1.807) is 22.9 Å². The first kappa shape index (κ1) is 20.3. The van der Waals surface area contributed by atoms with Crippen molar-refractivity contribution in [3.63, 3.8) is 0 Å². The van der Waals surface area contributed by atoms with E-state index >= 15 is 0 Å². The number of nitrogens with zero attached hydrogens (tertiary/aromatic N) is 2. The number of benzene rings is 1. The lowest BCUT2D eigenvalue weighted by Crippen LogP contribution is -2.43. The zero-order valence-electron chi connectivity index (χ0n) is 16.2. The molecule has 0 unspecified atom stereocenters. The average Bonchev–Trinajstić information content (AvgIpc) is 2.96. The topological polar surface area (TPSA) is 94.5 Å². The minimum absolute atomic E-state index is 0.0213. The van der Waals surface area contributed by atoms with E-state index in [0.29, 0.717) is 23.7 Å². The molecule has 0 aliphatic rings. The van der Waals surface area contributed by atoms with Gasteiger partial charge in [-0.05, 0) is 44.5 Å². The smallest absolute Gasteiger partial charge is 0.269 e. The third-order valence-corrected chi connectivity index (χ3v) is 3.89. The molecule has 2 aromatic rings. The predicted octanol–water partition coefficient (Wildman–Crippen LogP) is 2.15. The quantitative estimate of drug-likeness (QED) is 0.545. The fraction of sp³-hybridized carbons (Fsp3) is 0.421. The number of unbranched alkanes of at least 4 members (excludes halogenated alkanes) is 1. The Morgan fingerprint density at radius 1 is 1.15 bits per heavy atom. The summed E-state index contributed by atoms with van der Waals surface area (Å²) in [5.74, 6) is 0.222. The molecule has 0 saturated heterocycles. The molecule has 27 heavy (non-hydrogen) atoms. The van der Waals surface area contributed by atoms with Crippen LogP contribution in [0.3, 0.4) is 0 Å². The predicted molar refractivity (Wildman–Crippen MR) is 101 cm³/mol. The number of rotatable bonds is 8. The Kier molecular flexibility index (Phi) is 7.22. The summed E-state index contributed by atoms with van der Waals surface area (Å²) in [5.41, 5.74) is 6.83. The monoisotopic (exact) mass is 374 g/mol. The number of carbonyl (C=O) groups excluding carboxylic acids is 2. The van der Waals surface area contributed by atoms with E-state index in [9.17, 15) is 9.59 Å². The largest absolute Gasteiger partial charge is 0.493 e. The van der Waals surface area contributed by atoms with Crippen molar-refractivity contribution in [2.45, 2.75) is 40.2 Å². The Balaban J connectivity index is 1.92. The summed E-state index contributed by atoms with van der Waals surface area (Å²) < 4.78 is 12.5. The molecule has 2 rings (SSSR count). The first-order valence-electron chi connectivity index (χ1n) is 8.85. The zero-order chi connectivity index (χ0) is 19.8. The van der Waals surface area contributed by atoms with Crippen LogP contribution < -0.4 is 20.3 Å². The molecule has 0 aliphatic carbocycles. The fourth-order valence-electron chi connectivity index (χ4n) is 2.46. The Labute approximate surface area is 158 Å². The number of hydrogen-bond donors (Lipinski definition) is 2. The number of amides is 2. The second-order valence-electron chi connectivity index (χ2n) is 6.15. The number of aromatic nitrogens is 2. The molecule has 1 aromatic carbocycles. The van der Waals surface area contributed by atoms with Gasteiger partial charge in [-0.2, -0.15) is 5.10 Å². The van der Waals surface area contributed by atoms with Crippen molar-refractivity contribution >= 4 is 11.8 Å². The van der Waals surface area contributed by atoms with Crippen molar-refractivity contribution in [3.8, 4) is 11.5 Å². The van der Waals surface area contributed by atoms with E-state index < -0.39 is 5.91 Å². The average molecular weight is 374 g/mol. The van der Waals surface area contributed by atoms with Gasteiger partial charge in [-0.1, -0.05) is 13.3 Å². The lowest BCUT2D eigenvalue weighted by Gasteiger charge is -2.12. The molecule has 8 heteroatoms. The highest BCUT2D eigenvalue weighted by atomic mass is 16.5. The number of aryl methyl sites for hydroxylation is 2. The molecule has 0 saturated carbocycles. The summed E-state index contributed by atoms with van der Waals surface area (Å²) in [5, 5.41) is 4.21. The molecule has 1 aromatic heterocycles. The van der Waals surface area contributed by atoms with Crippen molar-refractivity contribution < 1.29 is 19.1 Å². The standard InChI is InChI=1S/C19H26N4O4/c1-5-6-9-27-16-8-7-15(11-17(16)26-4)19(25)21-20-18(24)12-23-14(3)10-13(2)22-23/h7-8,10-11H,5-6,9,12H2,1-4H3,(H,20,24)(H,21,25). The zero-order valence-corrected chi connectivity index (χ0v) is 16.2. The van der Waals surface area contributed by atoms with Crippen LogP contribution in [0.5, 0.6) is 11.5 Å². The Hall–Kier alpha value is -3.03. The van der Waals surface area contributed by atoms with Crippen LogP contribution in [-0.4, -0.2) is 35.3 Å². The number of hydrazine groups is 1. The van der Waals surface area contributed by atoms with Crippen LogP contribution in [0.2, 0.25) is 0 Å². The summed E-state index contributed by atoms with van der Waals surface area (Å²) in [7, 11) is 1.51. The first-order valence-corrected chi connectivity index (χ1v) is 8.85. The van der Waals surface area contributed by atoms with E-state index in [-0.39, 0.29) is 12.5 Å². The van der Waals surface area contributed by atoms with Crippen LogP contribution in [0, 0.1) is 13.8 Å². The number of nitrogens with one attached hydrogen (secondary N) is 2. The number of ether oxygens (including phenoxy) is 2. The summed E-state index contributed by atoms with van der Waals surface area (Å²) in [6.45, 7) is 6.40. The maximum absolute atomic E-state index is 12.3. The van der Waals surface area contributed by atoms with Crippen molar-refractivity contribution in [1.29, 1.82) is 0 Å². The minimum atomic E-state index is -0.449. The van der Waals surface area contributed by atoms with Crippen molar-refractivity contribution in [1.82, 2.24) is 20.6 Å². The lowest BCUT2D eigenvalue weighted by atomic mass is 10.2. The van der Waals surface area contributed by atoms with Gasteiger partial charge < -0.3 is 9.47 Å². The second kappa shape index (κ2) is 9.61. The molecule has 0 spiro atoms. The molecule has 0 fully saturated rings. The number of hydrogen-bond acceptors (Lipinski definition) is 5. The fourth-order valence-corrected chi connectivity index (χ4v) is 2.46. The number of methoxy groups -OCH3 is 1.